The lowest BCUT2D eigenvalue weighted by Gasteiger charge is -2.35. The number of amides is 2. The van der Waals surface area contributed by atoms with Crippen LogP contribution in [-0.2, 0) is 16.0 Å². The molecule has 132 valence electrons. The Balaban J connectivity index is 2.07. The third-order valence-corrected chi connectivity index (χ3v) is 4.79. The monoisotopic (exact) mass is 378 g/mol. The molecule has 24 heavy (non-hydrogen) atoms. The molecule has 2 rings (SSSR count). The molecule has 0 aromatic heterocycles. The number of hydrogen-bond donors (Lipinski definition) is 1. The van der Waals surface area contributed by atoms with Crippen LogP contribution < -0.4 is 5.32 Å². The van der Waals surface area contributed by atoms with Crippen LogP contribution in [0.15, 0.2) is 18.2 Å². The van der Waals surface area contributed by atoms with Gasteiger partial charge in [-0.25, -0.2) is 8.78 Å². The summed E-state index contributed by atoms with van der Waals surface area (Å²) in [6, 6.07) is 4.30. The summed E-state index contributed by atoms with van der Waals surface area (Å²) >= 11 is 12.0. The number of rotatable bonds is 5. The topological polar surface area (TPSA) is 49.4 Å². The van der Waals surface area contributed by atoms with Crippen molar-refractivity contribution in [2.45, 2.75) is 38.2 Å². The van der Waals surface area contributed by atoms with Crippen LogP contribution in [0.25, 0.3) is 0 Å². The summed E-state index contributed by atoms with van der Waals surface area (Å²) in [6.45, 7) is -0.290. The van der Waals surface area contributed by atoms with Gasteiger partial charge >= 0.3 is 0 Å². The summed E-state index contributed by atoms with van der Waals surface area (Å²) in [5, 5.41) is 2.85. The van der Waals surface area contributed by atoms with E-state index in [-0.39, 0.29) is 12.3 Å². The van der Waals surface area contributed by atoms with Crippen molar-refractivity contribution >= 4 is 35.0 Å². The van der Waals surface area contributed by atoms with Gasteiger partial charge in [0.05, 0.1) is 23.0 Å². The van der Waals surface area contributed by atoms with Crippen molar-refractivity contribution in [3.8, 4) is 0 Å². The molecule has 0 spiro atoms. The van der Waals surface area contributed by atoms with Gasteiger partial charge in [-0.05, 0) is 30.9 Å². The average molecular weight is 379 g/mol. The molecule has 2 amide bonds. The number of likely N-dealkylation sites (tertiary alicyclic amines) is 1. The number of nitrogens with one attached hydrogen (secondary N) is 1. The molecule has 1 aliphatic rings. The molecule has 8 heteroatoms. The number of hydrogen-bond acceptors (Lipinski definition) is 2. The first-order chi connectivity index (χ1) is 11.4. The van der Waals surface area contributed by atoms with Gasteiger partial charge in [0, 0.05) is 6.54 Å². The first kappa shape index (κ1) is 18.9. The molecule has 1 heterocycles. The van der Waals surface area contributed by atoms with E-state index in [0.717, 1.165) is 12.8 Å². The Morgan fingerprint density at radius 1 is 1.29 bits per heavy atom. The fourth-order valence-corrected chi connectivity index (χ4v) is 3.13. The highest BCUT2D eigenvalue weighted by molar-refractivity contribution is 6.42. The van der Waals surface area contributed by atoms with E-state index < -0.39 is 24.9 Å². The molecule has 1 fully saturated rings. The highest BCUT2D eigenvalue weighted by Gasteiger charge is 2.32. The Hall–Kier alpha value is -1.40. The number of piperidine rings is 1. The number of benzene rings is 1. The number of alkyl halides is 2. The van der Waals surface area contributed by atoms with Gasteiger partial charge in [-0.2, -0.15) is 0 Å². The van der Waals surface area contributed by atoms with Crippen molar-refractivity contribution in [1.82, 2.24) is 10.2 Å². The maximum Gasteiger partial charge on any atom is 0.255 e. The molecule has 0 unspecified atom stereocenters. The fourth-order valence-electron chi connectivity index (χ4n) is 2.75. The molecule has 0 aliphatic carbocycles. The highest BCUT2D eigenvalue weighted by Crippen LogP contribution is 2.27. The molecular weight excluding hydrogens is 361 g/mol. The molecule has 4 nitrogen and oxygen atoms in total. The van der Waals surface area contributed by atoms with E-state index in [2.05, 4.69) is 5.32 Å². The molecule has 0 bridgehead atoms. The highest BCUT2D eigenvalue weighted by atomic mass is 35.5. The fraction of sp³-hybridized carbons (Fsp3) is 0.500. The Bertz CT molecular complexity index is 614. The molecule has 0 saturated carbocycles. The summed E-state index contributed by atoms with van der Waals surface area (Å²) in [4.78, 5) is 26.1. The van der Waals surface area contributed by atoms with Crippen molar-refractivity contribution in [2.24, 2.45) is 0 Å². The van der Waals surface area contributed by atoms with Crippen LogP contribution in [0.5, 0.6) is 0 Å². The predicted octanol–water partition coefficient (Wildman–Crippen LogP) is 3.30. The van der Waals surface area contributed by atoms with E-state index in [1.165, 1.54) is 4.90 Å². The van der Waals surface area contributed by atoms with Gasteiger partial charge in [-0.1, -0.05) is 35.3 Å². The molecule has 1 aromatic rings. The van der Waals surface area contributed by atoms with Gasteiger partial charge in [0.2, 0.25) is 11.8 Å². The number of nitrogens with zero attached hydrogens (tertiary/aromatic N) is 1. The minimum Gasteiger partial charge on any atom is -0.349 e. The second kappa shape index (κ2) is 8.62. The van der Waals surface area contributed by atoms with E-state index in [1.807, 2.05) is 0 Å². The Kier molecular flexibility index (Phi) is 6.80. The van der Waals surface area contributed by atoms with Gasteiger partial charge in [0.15, 0.2) is 0 Å². The summed E-state index contributed by atoms with van der Waals surface area (Å²) in [5.41, 5.74) is 0.575. The van der Waals surface area contributed by atoms with Crippen LogP contribution in [0, 0.1) is 0 Å². The normalized spacial score (nSPS) is 17.9. The van der Waals surface area contributed by atoms with E-state index in [0.29, 0.717) is 28.6 Å². The maximum absolute atomic E-state index is 12.6. The molecule has 1 atom stereocenters. The van der Waals surface area contributed by atoms with E-state index in [9.17, 15) is 18.4 Å². The van der Waals surface area contributed by atoms with Crippen LogP contribution in [0.1, 0.15) is 24.8 Å². The third kappa shape index (κ3) is 4.80. The van der Waals surface area contributed by atoms with Crippen LogP contribution >= 0.6 is 23.2 Å². The lowest BCUT2D eigenvalue weighted by molar-refractivity contribution is -0.142. The summed E-state index contributed by atoms with van der Waals surface area (Å²) in [7, 11) is 0. The molecule has 1 N–H and O–H groups in total. The van der Waals surface area contributed by atoms with Crippen LogP contribution in [0.2, 0.25) is 10.0 Å². The molecule has 1 aliphatic heterocycles. The zero-order valence-electron chi connectivity index (χ0n) is 12.9. The number of halogens is 4. The first-order valence-corrected chi connectivity index (χ1v) is 8.44. The van der Waals surface area contributed by atoms with E-state index >= 15 is 0 Å². The Morgan fingerprint density at radius 2 is 2.04 bits per heavy atom. The van der Waals surface area contributed by atoms with E-state index in [1.54, 1.807) is 18.2 Å². The van der Waals surface area contributed by atoms with Crippen molar-refractivity contribution in [3.63, 3.8) is 0 Å². The lowest BCUT2D eigenvalue weighted by Crippen LogP contribution is -2.52. The molecule has 1 saturated heterocycles. The molecular formula is C16H18Cl2F2N2O2. The largest absolute Gasteiger partial charge is 0.349 e. The standard InChI is InChI=1S/C16H18Cl2F2N2O2/c17-11-5-3-4-10(15(11)18)8-14(23)22-7-2-1-6-12(22)16(24)21-9-13(19)20/h3-5,12-13H,1-2,6-9H2,(H,21,24)/t12-/m0/s1. The van der Waals surface area contributed by atoms with Crippen LogP contribution in [0.4, 0.5) is 8.78 Å². The van der Waals surface area contributed by atoms with Crippen LogP contribution in [0.3, 0.4) is 0 Å². The summed E-state index contributed by atoms with van der Waals surface area (Å²) in [6.07, 6.45) is -0.600. The Morgan fingerprint density at radius 3 is 2.75 bits per heavy atom. The minimum atomic E-state index is -2.62. The van der Waals surface area contributed by atoms with Crippen molar-refractivity contribution in [2.75, 3.05) is 13.1 Å². The predicted molar refractivity (Wildman–Crippen MR) is 88.5 cm³/mol. The van der Waals surface area contributed by atoms with Gasteiger partial charge < -0.3 is 10.2 Å². The molecule has 0 radical (unpaired) electrons. The Labute approximate surface area is 149 Å². The van der Waals surface area contributed by atoms with Crippen molar-refractivity contribution in [3.05, 3.63) is 33.8 Å². The zero-order valence-corrected chi connectivity index (χ0v) is 14.4. The summed E-state index contributed by atoms with van der Waals surface area (Å²) < 4.78 is 24.5. The van der Waals surface area contributed by atoms with Gasteiger partial charge in [-0.3, -0.25) is 9.59 Å². The lowest BCUT2D eigenvalue weighted by atomic mass is 10.00. The second-order valence-electron chi connectivity index (χ2n) is 5.62. The zero-order chi connectivity index (χ0) is 17.7. The number of carbonyl (C=O) groups excluding carboxylic acids is 2. The SMILES string of the molecule is O=C(NCC(F)F)[C@@H]1CCCCN1C(=O)Cc1cccc(Cl)c1Cl. The third-order valence-electron chi connectivity index (χ3n) is 3.93. The summed E-state index contributed by atoms with van der Waals surface area (Å²) in [5.74, 6) is -0.809. The quantitative estimate of drug-likeness (QED) is 0.854. The molecule has 1 aromatic carbocycles. The van der Waals surface area contributed by atoms with Crippen molar-refractivity contribution in [1.29, 1.82) is 0 Å². The van der Waals surface area contributed by atoms with Gasteiger partial charge in [0.25, 0.3) is 6.43 Å². The van der Waals surface area contributed by atoms with Crippen LogP contribution in [-0.4, -0.2) is 42.3 Å². The van der Waals surface area contributed by atoms with Gasteiger partial charge in [0.1, 0.15) is 6.04 Å². The van der Waals surface area contributed by atoms with Crippen molar-refractivity contribution < 1.29 is 18.4 Å². The number of carbonyl (C=O) groups is 2. The minimum absolute atomic E-state index is 0.0119. The maximum atomic E-state index is 12.6. The average Bonchev–Trinajstić information content (AvgIpc) is 2.56. The first-order valence-electron chi connectivity index (χ1n) is 7.68. The van der Waals surface area contributed by atoms with E-state index in [4.69, 9.17) is 23.2 Å². The second-order valence-corrected chi connectivity index (χ2v) is 6.41. The smallest absolute Gasteiger partial charge is 0.255 e. The van der Waals surface area contributed by atoms with Gasteiger partial charge in [-0.15, -0.1) is 0 Å².